The lowest BCUT2D eigenvalue weighted by atomic mass is 9.99. The number of amides is 1. The van der Waals surface area contributed by atoms with Gasteiger partial charge < -0.3 is 9.52 Å². The minimum atomic E-state index is -1.00. The van der Waals surface area contributed by atoms with Gasteiger partial charge in [-0.05, 0) is 49.4 Å². The van der Waals surface area contributed by atoms with Crippen molar-refractivity contribution in [1.82, 2.24) is 0 Å². The molecular formula is C22H15BrN2O6. The monoisotopic (exact) mass is 482 g/mol. The zero-order chi connectivity index (χ0) is 22.3. The first-order valence-electron chi connectivity index (χ1n) is 9.15. The zero-order valence-electron chi connectivity index (χ0n) is 16.1. The summed E-state index contributed by atoms with van der Waals surface area (Å²) in [5.74, 6) is -1.26. The number of aliphatic hydroxyl groups excluding tert-OH is 1. The molecule has 1 amide bonds. The molecule has 1 aliphatic heterocycles. The van der Waals surface area contributed by atoms with E-state index < -0.39 is 28.4 Å². The van der Waals surface area contributed by atoms with Crippen molar-refractivity contribution in [1.29, 1.82) is 0 Å². The van der Waals surface area contributed by atoms with E-state index in [0.29, 0.717) is 21.7 Å². The fourth-order valence-electron chi connectivity index (χ4n) is 3.49. The standard InChI is InChI=1S/C22H15BrN2O6/c1-12-5-10-17(31-12)19-18(20(26)13-6-8-15(9-7-13)25(29)30)21(27)22(28)24(19)16-4-2-3-14(23)11-16/h2-11,19,26H,1H3/b20-18-. The largest absolute Gasteiger partial charge is 0.507 e. The molecule has 1 aliphatic rings. The minimum absolute atomic E-state index is 0.159. The molecule has 1 atom stereocenters. The van der Waals surface area contributed by atoms with Crippen molar-refractivity contribution in [2.24, 2.45) is 0 Å². The smallest absolute Gasteiger partial charge is 0.300 e. The predicted octanol–water partition coefficient (Wildman–Crippen LogP) is 4.89. The Labute approximate surface area is 184 Å². The predicted molar refractivity (Wildman–Crippen MR) is 115 cm³/mol. The van der Waals surface area contributed by atoms with E-state index in [2.05, 4.69) is 15.9 Å². The van der Waals surface area contributed by atoms with Crippen molar-refractivity contribution in [2.75, 3.05) is 4.90 Å². The van der Waals surface area contributed by atoms with Crippen LogP contribution in [-0.2, 0) is 9.59 Å². The molecule has 9 heteroatoms. The Balaban J connectivity index is 1.91. The highest BCUT2D eigenvalue weighted by Crippen LogP contribution is 2.43. The van der Waals surface area contributed by atoms with Crippen LogP contribution in [0.15, 0.2) is 75.1 Å². The summed E-state index contributed by atoms with van der Waals surface area (Å²) in [6.07, 6.45) is 0. The van der Waals surface area contributed by atoms with Gasteiger partial charge in [0.25, 0.3) is 17.4 Å². The Morgan fingerprint density at radius 2 is 1.84 bits per heavy atom. The second kappa shape index (κ2) is 7.84. The van der Waals surface area contributed by atoms with Crippen LogP contribution in [0.2, 0.25) is 0 Å². The van der Waals surface area contributed by atoms with Crippen molar-refractivity contribution in [3.8, 4) is 0 Å². The fourth-order valence-corrected chi connectivity index (χ4v) is 3.88. The van der Waals surface area contributed by atoms with Gasteiger partial charge in [-0.25, -0.2) is 0 Å². The summed E-state index contributed by atoms with van der Waals surface area (Å²) in [6.45, 7) is 1.73. The first-order chi connectivity index (χ1) is 14.8. The molecule has 1 saturated heterocycles. The molecule has 156 valence electrons. The second-order valence-corrected chi connectivity index (χ2v) is 7.82. The maximum atomic E-state index is 13.0. The molecule has 4 rings (SSSR count). The highest BCUT2D eigenvalue weighted by molar-refractivity contribution is 9.10. The van der Waals surface area contributed by atoms with Gasteiger partial charge in [-0.3, -0.25) is 24.6 Å². The van der Waals surface area contributed by atoms with Gasteiger partial charge in [-0.2, -0.15) is 0 Å². The first kappa shape index (κ1) is 20.5. The number of hydrogen-bond donors (Lipinski definition) is 1. The fraction of sp³-hybridized carbons (Fsp3) is 0.0909. The van der Waals surface area contributed by atoms with Gasteiger partial charge in [-0.1, -0.05) is 22.0 Å². The number of anilines is 1. The Morgan fingerprint density at radius 3 is 2.42 bits per heavy atom. The molecule has 0 aliphatic carbocycles. The summed E-state index contributed by atoms with van der Waals surface area (Å²) in [7, 11) is 0. The average Bonchev–Trinajstić information content (AvgIpc) is 3.28. The van der Waals surface area contributed by atoms with E-state index in [-0.39, 0.29) is 16.8 Å². The number of aryl methyl sites for hydroxylation is 1. The Kier molecular flexibility index (Phi) is 5.20. The number of carbonyl (C=O) groups is 2. The van der Waals surface area contributed by atoms with E-state index in [9.17, 15) is 24.8 Å². The highest BCUT2D eigenvalue weighted by atomic mass is 79.9. The van der Waals surface area contributed by atoms with Crippen LogP contribution in [0.5, 0.6) is 0 Å². The SMILES string of the molecule is Cc1ccc(C2/C(=C(/O)c3ccc([N+](=O)[O-])cc3)C(=O)C(=O)N2c2cccc(Br)c2)o1. The number of aliphatic hydroxyl groups is 1. The number of non-ortho nitro benzene ring substituents is 1. The lowest BCUT2D eigenvalue weighted by molar-refractivity contribution is -0.384. The molecule has 0 radical (unpaired) electrons. The number of nitro benzene ring substituents is 1. The van der Waals surface area contributed by atoms with E-state index in [1.165, 1.54) is 29.2 Å². The van der Waals surface area contributed by atoms with Crippen LogP contribution in [0.4, 0.5) is 11.4 Å². The molecule has 0 bridgehead atoms. The first-order valence-corrected chi connectivity index (χ1v) is 9.95. The highest BCUT2D eigenvalue weighted by Gasteiger charge is 2.48. The normalized spacial score (nSPS) is 17.9. The van der Waals surface area contributed by atoms with Gasteiger partial charge in [0.1, 0.15) is 23.3 Å². The van der Waals surface area contributed by atoms with Crippen molar-refractivity contribution < 1.29 is 24.0 Å². The van der Waals surface area contributed by atoms with Crippen molar-refractivity contribution in [3.05, 3.63) is 97.9 Å². The second-order valence-electron chi connectivity index (χ2n) is 6.90. The third kappa shape index (κ3) is 3.64. The molecule has 0 spiro atoms. The molecule has 1 fully saturated rings. The molecule has 1 N–H and O–H groups in total. The molecule has 0 saturated carbocycles. The topological polar surface area (TPSA) is 114 Å². The number of benzene rings is 2. The summed E-state index contributed by atoms with van der Waals surface area (Å²) < 4.78 is 6.43. The summed E-state index contributed by atoms with van der Waals surface area (Å²) in [5, 5.41) is 21.9. The third-order valence-electron chi connectivity index (χ3n) is 4.91. The van der Waals surface area contributed by atoms with E-state index >= 15 is 0 Å². The van der Waals surface area contributed by atoms with Crippen LogP contribution in [-0.4, -0.2) is 21.7 Å². The maximum absolute atomic E-state index is 13.0. The van der Waals surface area contributed by atoms with Crippen LogP contribution in [0, 0.1) is 17.0 Å². The van der Waals surface area contributed by atoms with Gasteiger partial charge in [0.15, 0.2) is 0 Å². The van der Waals surface area contributed by atoms with Gasteiger partial charge in [0.05, 0.1) is 10.5 Å². The van der Waals surface area contributed by atoms with E-state index in [4.69, 9.17) is 4.42 Å². The third-order valence-corrected chi connectivity index (χ3v) is 5.41. The van der Waals surface area contributed by atoms with Crippen LogP contribution in [0.25, 0.3) is 5.76 Å². The van der Waals surface area contributed by atoms with E-state index in [0.717, 1.165) is 0 Å². The number of hydrogen-bond acceptors (Lipinski definition) is 6. The average molecular weight is 483 g/mol. The van der Waals surface area contributed by atoms with Crippen molar-refractivity contribution in [2.45, 2.75) is 13.0 Å². The molecule has 1 unspecified atom stereocenters. The van der Waals surface area contributed by atoms with Crippen molar-refractivity contribution >= 4 is 44.8 Å². The number of ketones is 1. The van der Waals surface area contributed by atoms with Gasteiger partial charge in [0, 0.05) is 27.9 Å². The summed E-state index contributed by atoms with van der Waals surface area (Å²) in [4.78, 5) is 37.6. The van der Waals surface area contributed by atoms with Gasteiger partial charge in [-0.15, -0.1) is 0 Å². The molecule has 2 aromatic carbocycles. The minimum Gasteiger partial charge on any atom is -0.507 e. The number of halogens is 1. The summed E-state index contributed by atoms with van der Waals surface area (Å²) >= 11 is 3.36. The summed E-state index contributed by atoms with van der Waals surface area (Å²) in [6, 6.07) is 14.3. The molecule has 2 heterocycles. The number of nitrogens with zero attached hydrogens (tertiary/aromatic N) is 2. The molecule has 1 aromatic heterocycles. The van der Waals surface area contributed by atoms with Crippen molar-refractivity contribution in [3.63, 3.8) is 0 Å². The van der Waals surface area contributed by atoms with Gasteiger partial charge in [0.2, 0.25) is 0 Å². The zero-order valence-corrected chi connectivity index (χ0v) is 17.7. The van der Waals surface area contributed by atoms with E-state index in [1.54, 1.807) is 43.3 Å². The lowest BCUT2D eigenvalue weighted by Gasteiger charge is -2.23. The number of nitro groups is 1. The molecule has 8 nitrogen and oxygen atoms in total. The van der Waals surface area contributed by atoms with Crippen LogP contribution in [0.3, 0.4) is 0 Å². The van der Waals surface area contributed by atoms with Crippen LogP contribution >= 0.6 is 15.9 Å². The van der Waals surface area contributed by atoms with E-state index in [1.807, 2.05) is 0 Å². The Morgan fingerprint density at radius 1 is 1.13 bits per heavy atom. The maximum Gasteiger partial charge on any atom is 0.300 e. The summed E-state index contributed by atoms with van der Waals surface area (Å²) in [5.41, 5.74) is 0.293. The van der Waals surface area contributed by atoms with Gasteiger partial charge >= 0.3 is 0 Å². The Hall–Kier alpha value is -3.72. The number of furan rings is 1. The molecular weight excluding hydrogens is 468 g/mol. The Bertz CT molecular complexity index is 1240. The number of Topliss-reactive ketones (excluding diaryl/α,β-unsaturated/α-hetero) is 1. The molecule has 31 heavy (non-hydrogen) atoms. The lowest BCUT2D eigenvalue weighted by Crippen LogP contribution is -2.29. The van der Waals surface area contributed by atoms with Crippen LogP contribution < -0.4 is 4.90 Å². The number of carbonyl (C=O) groups excluding carboxylic acids is 2. The van der Waals surface area contributed by atoms with Crippen LogP contribution in [0.1, 0.15) is 23.1 Å². The number of rotatable bonds is 4. The molecule has 3 aromatic rings. The quantitative estimate of drug-likeness (QED) is 0.186.